The summed E-state index contributed by atoms with van der Waals surface area (Å²) >= 11 is 7.39. The van der Waals surface area contributed by atoms with Gasteiger partial charge < -0.3 is 5.73 Å². The third-order valence-electron chi connectivity index (χ3n) is 2.88. The smallest absolute Gasteiger partial charge is 0.246 e. The van der Waals surface area contributed by atoms with E-state index < -0.39 is 10.0 Å². The quantitative estimate of drug-likeness (QED) is 0.873. The Morgan fingerprint density at radius 1 is 1.45 bits per heavy atom. The molecule has 2 N–H and O–H groups in total. The van der Waals surface area contributed by atoms with Crippen LogP contribution < -0.4 is 5.73 Å². The standard InChI is InChI=1S/C12H14ClN3O2S2/c1-8-11(19-7-15-8)6-16(2)20(17,18)12-9(13)4-3-5-10(12)14/h3-5,7H,6,14H2,1-2H3. The number of halogens is 1. The van der Waals surface area contributed by atoms with Gasteiger partial charge in [-0.05, 0) is 19.1 Å². The molecule has 2 rings (SSSR count). The molecule has 0 saturated carbocycles. The molecule has 1 aromatic carbocycles. The average molecular weight is 332 g/mol. The monoisotopic (exact) mass is 331 g/mol. The topological polar surface area (TPSA) is 76.3 Å². The zero-order chi connectivity index (χ0) is 14.9. The maximum absolute atomic E-state index is 12.6. The van der Waals surface area contributed by atoms with Crippen LogP contribution >= 0.6 is 22.9 Å². The van der Waals surface area contributed by atoms with Crippen LogP contribution in [0.25, 0.3) is 0 Å². The van der Waals surface area contributed by atoms with Crippen molar-refractivity contribution in [3.63, 3.8) is 0 Å². The van der Waals surface area contributed by atoms with Crippen LogP contribution in [0.3, 0.4) is 0 Å². The molecule has 0 fully saturated rings. The Balaban J connectivity index is 2.38. The Morgan fingerprint density at radius 3 is 2.70 bits per heavy atom. The van der Waals surface area contributed by atoms with Crippen molar-refractivity contribution in [2.45, 2.75) is 18.4 Å². The van der Waals surface area contributed by atoms with Crippen molar-refractivity contribution in [3.05, 3.63) is 39.3 Å². The predicted octanol–water partition coefficient (Wildman–Crippen LogP) is 2.51. The summed E-state index contributed by atoms with van der Waals surface area (Å²) in [6, 6.07) is 4.64. The molecule has 0 radical (unpaired) electrons. The third-order valence-corrected chi connectivity index (χ3v) is 6.14. The minimum atomic E-state index is -3.74. The van der Waals surface area contributed by atoms with E-state index >= 15 is 0 Å². The second kappa shape index (κ2) is 5.69. The van der Waals surface area contributed by atoms with Crippen molar-refractivity contribution in [2.75, 3.05) is 12.8 Å². The number of nitrogen functional groups attached to an aromatic ring is 1. The molecule has 108 valence electrons. The van der Waals surface area contributed by atoms with Crippen LogP contribution in [0.4, 0.5) is 5.69 Å². The molecule has 1 heterocycles. The van der Waals surface area contributed by atoms with Gasteiger partial charge in [0.15, 0.2) is 0 Å². The number of benzene rings is 1. The van der Waals surface area contributed by atoms with E-state index in [1.54, 1.807) is 11.6 Å². The van der Waals surface area contributed by atoms with Gasteiger partial charge in [0.1, 0.15) is 4.90 Å². The van der Waals surface area contributed by atoms with Gasteiger partial charge in [0, 0.05) is 18.5 Å². The number of hydrogen-bond acceptors (Lipinski definition) is 5. The van der Waals surface area contributed by atoms with Gasteiger partial charge in [0.05, 0.1) is 21.9 Å². The van der Waals surface area contributed by atoms with Crippen LogP contribution in [0.15, 0.2) is 28.6 Å². The summed E-state index contributed by atoms with van der Waals surface area (Å²) in [5.74, 6) is 0. The first-order valence-corrected chi connectivity index (χ1v) is 8.43. The van der Waals surface area contributed by atoms with Gasteiger partial charge in [-0.25, -0.2) is 13.4 Å². The van der Waals surface area contributed by atoms with E-state index in [-0.39, 0.29) is 22.2 Å². The first kappa shape index (κ1) is 15.2. The van der Waals surface area contributed by atoms with E-state index in [1.165, 1.54) is 34.8 Å². The van der Waals surface area contributed by atoms with E-state index in [2.05, 4.69) is 4.98 Å². The lowest BCUT2D eigenvalue weighted by Gasteiger charge is -2.18. The Labute approximate surface area is 127 Å². The summed E-state index contributed by atoms with van der Waals surface area (Å²) in [6.07, 6.45) is 0. The lowest BCUT2D eigenvalue weighted by atomic mass is 10.3. The van der Waals surface area contributed by atoms with Crippen molar-refractivity contribution in [3.8, 4) is 0 Å². The number of nitrogens with two attached hydrogens (primary N) is 1. The average Bonchev–Trinajstić information content (AvgIpc) is 2.74. The Kier molecular flexibility index (Phi) is 4.33. The first-order chi connectivity index (χ1) is 9.34. The highest BCUT2D eigenvalue weighted by atomic mass is 35.5. The van der Waals surface area contributed by atoms with E-state index in [9.17, 15) is 8.42 Å². The Hall–Kier alpha value is -1.15. The lowest BCUT2D eigenvalue weighted by Crippen LogP contribution is -2.27. The maximum Gasteiger partial charge on any atom is 0.246 e. The van der Waals surface area contributed by atoms with Gasteiger partial charge in [-0.15, -0.1) is 11.3 Å². The fraction of sp³-hybridized carbons (Fsp3) is 0.250. The number of sulfonamides is 1. The van der Waals surface area contributed by atoms with Crippen molar-refractivity contribution < 1.29 is 8.42 Å². The number of nitrogens with zero attached hydrogens (tertiary/aromatic N) is 2. The Bertz CT molecular complexity index is 708. The second-order valence-corrected chi connectivity index (χ2v) is 7.61. The minimum Gasteiger partial charge on any atom is -0.398 e. The van der Waals surface area contributed by atoms with Gasteiger partial charge in [0.25, 0.3) is 0 Å². The van der Waals surface area contributed by atoms with Gasteiger partial charge in [0.2, 0.25) is 10.0 Å². The van der Waals surface area contributed by atoms with Gasteiger partial charge in [-0.2, -0.15) is 4.31 Å². The number of aromatic nitrogens is 1. The highest BCUT2D eigenvalue weighted by Gasteiger charge is 2.26. The first-order valence-electron chi connectivity index (χ1n) is 5.73. The fourth-order valence-electron chi connectivity index (χ4n) is 1.72. The Morgan fingerprint density at radius 2 is 2.15 bits per heavy atom. The van der Waals surface area contributed by atoms with E-state index in [0.29, 0.717) is 0 Å². The van der Waals surface area contributed by atoms with Gasteiger partial charge in [-0.1, -0.05) is 17.7 Å². The minimum absolute atomic E-state index is 0.0497. The van der Waals surface area contributed by atoms with E-state index in [4.69, 9.17) is 17.3 Å². The van der Waals surface area contributed by atoms with Crippen LogP contribution in [-0.2, 0) is 16.6 Å². The largest absolute Gasteiger partial charge is 0.398 e. The zero-order valence-corrected chi connectivity index (χ0v) is 13.4. The summed E-state index contributed by atoms with van der Waals surface area (Å²) in [5.41, 5.74) is 8.41. The molecule has 2 aromatic rings. The fourth-order valence-corrected chi connectivity index (χ4v) is 4.40. The lowest BCUT2D eigenvalue weighted by molar-refractivity contribution is 0.469. The third kappa shape index (κ3) is 2.80. The van der Waals surface area contributed by atoms with Gasteiger partial charge >= 0.3 is 0 Å². The second-order valence-electron chi connectivity index (χ2n) is 4.28. The highest BCUT2D eigenvalue weighted by molar-refractivity contribution is 7.89. The molecule has 0 amide bonds. The molecular weight excluding hydrogens is 318 g/mol. The molecule has 0 aliphatic heterocycles. The van der Waals surface area contributed by atoms with Crippen LogP contribution in [0, 0.1) is 6.92 Å². The summed E-state index contributed by atoms with van der Waals surface area (Å²) in [6.45, 7) is 2.08. The molecule has 0 saturated heterocycles. The number of hydrogen-bond donors (Lipinski definition) is 1. The molecule has 0 bridgehead atoms. The normalized spacial score (nSPS) is 12.0. The molecule has 5 nitrogen and oxygen atoms in total. The summed E-state index contributed by atoms with van der Waals surface area (Å²) in [5, 5.41) is 0.123. The van der Waals surface area contributed by atoms with Crippen molar-refractivity contribution in [2.24, 2.45) is 0 Å². The highest BCUT2D eigenvalue weighted by Crippen LogP contribution is 2.30. The molecule has 0 aliphatic carbocycles. The number of thiazole rings is 1. The molecular formula is C12H14ClN3O2S2. The van der Waals surface area contributed by atoms with Crippen LogP contribution in [0.5, 0.6) is 0 Å². The molecule has 1 aromatic heterocycles. The molecule has 0 spiro atoms. The number of rotatable bonds is 4. The van der Waals surface area contributed by atoms with Gasteiger partial charge in [-0.3, -0.25) is 0 Å². The summed E-state index contributed by atoms with van der Waals surface area (Å²) < 4.78 is 26.3. The van der Waals surface area contributed by atoms with Crippen LogP contribution in [0.2, 0.25) is 5.02 Å². The molecule has 0 aliphatic rings. The molecule has 0 atom stereocenters. The molecule has 20 heavy (non-hydrogen) atoms. The molecule has 0 unspecified atom stereocenters. The van der Waals surface area contributed by atoms with E-state index in [1.807, 2.05) is 6.92 Å². The van der Waals surface area contributed by atoms with Crippen molar-refractivity contribution >= 4 is 38.6 Å². The summed E-state index contributed by atoms with van der Waals surface area (Å²) in [4.78, 5) is 4.95. The van der Waals surface area contributed by atoms with Crippen LogP contribution in [0.1, 0.15) is 10.6 Å². The van der Waals surface area contributed by atoms with Crippen molar-refractivity contribution in [1.82, 2.24) is 9.29 Å². The van der Waals surface area contributed by atoms with E-state index in [0.717, 1.165) is 10.6 Å². The zero-order valence-electron chi connectivity index (χ0n) is 11.0. The van der Waals surface area contributed by atoms with Crippen molar-refractivity contribution in [1.29, 1.82) is 0 Å². The summed E-state index contributed by atoms with van der Waals surface area (Å²) in [7, 11) is -2.24. The molecule has 8 heteroatoms. The maximum atomic E-state index is 12.6. The SMILES string of the molecule is Cc1ncsc1CN(C)S(=O)(=O)c1c(N)cccc1Cl. The number of anilines is 1. The number of aryl methyl sites for hydroxylation is 1. The van der Waals surface area contributed by atoms with Crippen LogP contribution in [-0.4, -0.2) is 24.8 Å². The predicted molar refractivity (Wildman–Crippen MR) is 81.4 cm³/mol.